The molecule has 0 saturated carbocycles. The summed E-state index contributed by atoms with van der Waals surface area (Å²) in [7, 11) is 0. The second-order valence-electron chi connectivity index (χ2n) is 4.98. The molecule has 0 atom stereocenters. The number of hydrogen-bond donors (Lipinski definition) is 2. The zero-order valence-corrected chi connectivity index (χ0v) is 11.1. The fourth-order valence-electron chi connectivity index (χ4n) is 2.16. The van der Waals surface area contributed by atoms with Crippen LogP contribution in [0.4, 0.5) is 5.95 Å². The molecule has 0 amide bonds. The Morgan fingerprint density at radius 3 is 2.70 bits per heavy atom. The number of hydrogen-bond acceptors (Lipinski definition) is 6. The van der Waals surface area contributed by atoms with Crippen molar-refractivity contribution in [1.29, 1.82) is 0 Å². The summed E-state index contributed by atoms with van der Waals surface area (Å²) < 4.78 is 10.4. The smallest absolute Gasteiger partial charge is 0.263 e. The van der Waals surface area contributed by atoms with Crippen LogP contribution in [0.15, 0.2) is 34.9 Å². The van der Waals surface area contributed by atoms with Gasteiger partial charge in [-0.3, -0.25) is 0 Å². The molecular weight excluding hydrogens is 258 g/mol. The maximum Gasteiger partial charge on any atom is 0.263 e. The zero-order valence-electron chi connectivity index (χ0n) is 11.1. The minimum atomic E-state index is -0.758. The quantitative estimate of drug-likeness (QED) is 0.884. The summed E-state index contributed by atoms with van der Waals surface area (Å²) >= 11 is 0. The molecule has 1 fully saturated rings. The summed E-state index contributed by atoms with van der Waals surface area (Å²) in [5, 5.41) is 17.2. The topological polar surface area (TPSA) is 80.4 Å². The number of aromatic nitrogens is 2. The lowest BCUT2D eigenvalue weighted by molar-refractivity contribution is -0.0544. The molecule has 2 aromatic rings. The van der Waals surface area contributed by atoms with Gasteiger partial charge in [0.1, 0.15) is 0 Å². The zero-order chi connectivity index (χ0) is 13.8. The third-order valence-corrected chi connectivity index (χ3v) is 3.45. The summed E-state index contributed by atoms with van der Waals surface area (Å²) in [6.45, 7) is 1.56. The molecule has 0 aliphatic carbocycles. The van der Waals surface area contributed by atoms with Crippen molar-refractivity contribution in [3.63, 3.8) is 0 Å². The van der Waals surface area contributed by atoms with Crippen molar-refractivity contribution in [3.05, 3.63) is 30.3 Å². The predicted molar refractivity (Wildman–Crippen MR) is 73.2 cm³/mol. The highest BCUT2D eigenvalue weighted by Gasteiger charge is 2.29. The minimum absolute atomic E-state index is 0.392. The van der Waals surface area contributed by atoms with Crippen molar-refractivity contribution in [1.82, 2.24) is 10.1 Å². The molecule has 3 rings (SSSR count). The second kappa shape index (κ2) is 5.60. The van der Waals surface area contributed by atoms with Crippen LogP contribution in [0, 0.1) is 0 Å². The van der Waals surface area contributed by atoms with Gasteiger partial charge in [0.15, 0.2) is 0 Å². The summed E-state index contributed by atoms with van der Waals surface area (Å²) in [4.78, 5) is 4.26. The molecule has 0 unspecified atom stereocenters. The molecule has 0 spiro atoms. The van der Waals surface area contributed by atoms with E-state index >= 15 is 0 Å². The van der Waals surface area contributed by atoms with E-state index in [1.54, 1.807) is 0 Å². The van der Waals surface area contributed by atoms with E-state index in [-0.39, 0.29) is 0 Å². The molecule has 0 radical (unpaired) electrons. The molecule has 20 heavy (non-hydrogen) atoms. The fraction of sp³-hybridized carbons (Fsp3) is 0.429. The summed E-state index contributed by atoms with van der Waals surface area (Å²) in [5.41, 5.74) is 0.115. The Morgan fingerprint density at radius 2 is 1.95 bits per heavy atom. The second-order valence-corrected chi connectivity index (χ2v) is 4.98. The van der Waals surface area contributed by atoms with Crippen molar-refractivity contribution in [2.45, 2.75) is 18.4 Å². The Hall–Kier alpha value is -1.92. The molecule has 1 aliphatic rings. The summed E-state index contributed by atoms with van der Waals surface area (Å²) in [6, 6.07) is 9.57. The highest BCUT2D eigenvalue weighted by atomic mass is 16.5. The average molecular weight is 275 g/mol. The van der Waals surface area contributed by atoms with E-state index in [1.807, 2.05) is 30.3 Å². The monoisotopic (exact) mass is 275 g/mol. The molecule has 2 N–H and O–H groups in total. The van der Waals surface area contributed by atoms with Crippen LogP contribution in [0.2, 0.25) is 0 Å². The third kappa shape index (κ3) is 2.97. The van der Waals surface area contributed by atoms with Crippen LogP contribution < -0.4 is 5.32 Å². The number of benzene rings is 1. The van der Waals surface area contributed by atoms with Crippen LogP contribution >= 0.6 is 0 Å². The fourth-order valence-corrected chi connectivity index (χ4v) is 2.16. The SMILES string of the molecule is OC1(CNc2noc(-c3ccccc3)n2)CCOCC1. The van der Waals surface area contributed by atoms with Gasteiger partial charge in [0.25, 0.3) is 11.8 Å². The molecule has 1 aromatic heterocycles. The first-order chi connectivity index (χ1) is 9.75. The van der Waals surface area contributed by atoms with Gasteiger partial charge in [-0.15, -0.1) is 0 Å². The summed E-state index contributed by atoms with van der Waals surface area (Å²) in [5.74, 6) is 0.857. The Labute approximate surface area is 116 Å². The maximum atomic E-state index is 10.3. The Bertz CT molecular complexity index is 550. The van der Waals surface area contributed by atoms with Crippen molar-refractivity contribution in [3.8, 4) is 11.5 Å². The molecule has 6 heteroatoms. The highest BCUT2D eigenvalue weighted by Crippen LogP contribution is 2.22. The van der Waals surface area contributed by atoms with Crippen LogP contribution in [-0.4, -0.2) is 40.6 Å². The van der Waals surface area contributed by atoms with Crippen LogP contribution in [0.5, 0.6) is 0 Å². The van der Waals surface area contributed by atoms with Crippen molar-refractivity contribution < 1.29 is 14.4 Å². The van der Waals surface area contributed by atoms with E-state index in [0.29, 0.717) is 44.4 Å². The molecule has 1 aromatic carbocycles. The van der Waals surface area contributed by atoms with Gasteiger partial charge in [-0.25, -0.2) is 0 Å². The highest BCUT2D eigenvalue weighted by molar-refractivity contribution is 5.53. The Balaban J connectivity index is 1.63. The molecule has 1 aliphatic heterocycles. The van der Waals surface area contributed by atoms with Crippen LogP contribution in [0.3, 0.4) is 0 Å². The van der Waals surface area contributed by atoms with Gasteiger partial charge in [-0.2, -0.15) is 4.98 Å². The first kappa shape index (κ1) is 13.1. The van der Waals surface area contributed by atoms with E-state index in [0.717, 1.165) is 5.56 Å². The lowest BCUT2D eigenvalue weighted by atomic mass is 9.94. The van der Waals surface area contributed by atoms with Crippen LogP contribution in [-0.2, 0) is 4.74 Å². The van der Waals surface area contributed by atoms with Crippen molar-refractivity contribution in [2.24, 2.45) is 0 Å². The summed E-state index contributed by atoms with van der Waals surface area (Å²) in [6.07, 6.45) is 1.23. The lowest BCUT2D eigenvalue weighted by Gasteiger charge is -2.31. The third-order valence-electron chi connectivity index (χ3n) is 3.45. The first-order valence-corrected chi connectivity index (χ1v) is 6.68. The molecule has 2 heterocycles. The van der Waals surface area contributed by atoms with Gasteiger partial charge < -0.3 is 19.7 Å². The van der Waals surface area contributed by atoms with Crippen molar-refractivity contribution in [2.75, 3.05) is 25.1 Å². The van der Waals surface area contributed by atoms with Gasteiger partial charge in [-0.1, -0.05) is 18.2 Å². The minimum Gasteiger partial charge on any atom is -0.388 e. The normalized spacial score (nSPS) is 17.9. The number of ether oxygens (including phenoxy) is 1. The number of nitrogens with zero attached hydrogens (tertiary/aromatic N) is 2. The molecular formula is C14H17N3O3. The Morgan fingerprint density at radius 1 is 1.20 bits per heavy atom. The molecule has 0 bridgehead atoms. The van der Waals surface area contributed by atoms with Gasteiger partial charge in [0.05, 0.1) is 5.60 Å². The van der Waals surface area contributed by atoms with Gasteiger partial charge in [0.2, 0.25) is 0 Å². The molecule has 106 valence electrons. The number of aliphatic hydroxyl groups is 1. The number of anilines is 1. The molecule has 1 saturated heterocycles. The average Bonchev–Trinajstić information content (AvgIpc) is 2.96. The lowest BCUT2D eigenvalue weighted by Crippen LogP contribution is -2.42. The van der Waals surface area contributed by atoms with E-state index in [9.17, 15) is 5.11 Å². The van der Waals surface area contributed by atoms with Gasteiger partial charge in [-0.05, 0) is 17.3 Å². The van der Waals surface area contributed by atoms with Crippen LogP contribution in [0.25, 0.3) is 11.5 Å². The Kier molecular flexibility index (Phi) is 3.66. The van der Waals surface area contributed by atoms with E-state index in [1.165, 1.54) is 0 Å². The predicted octanol–water partition coefficient (Wildman–Crippen LogP) is 1.69. The largest absolute Gasteiger partial charge is 0.388 e. The van der Waals surface area contributed by atoms with Crippen molar-refractivity contribution >= 4 is 5.95 Å². The number of rotatable bonds is 4. The van der Waals surface area contributed by atoms with E-state index < -0.39 is 5.60 Å². The standard InChI is InChI=1S/C14H17N3O3/c18-14(6-8-19-9-7-14)10-15-13-16-12(20-17-13)11-4-2-1-3-5-11/h1-5,18H,6-10H2,(H,15,17). The van der Waals surface area contributed by atoms with E-state index in [4.69, 9.17) is 9.26 Å². The maximum absolute atomic E-state index is 10.3. The number of nitrogens with one attached hydrogen (secondary N) is 1. The van der Waals surface area contributed by atoms with E-state index in [2.05, 4.69) is 15.5 Å². The van der Waals surface area contributed by atoms with Crippen LogP contribution in [0.1, 0.15) is 12.8 Å². The first-order valence-electron chi connectivity index (χ1n) is 6.68. The van der Waals surface area contributed by atoms with Gasteiger partial charge >= 0.3 is 0 Å². The molecule has 6 nitrogen and oxygen atoms in total. The van der Waals surface area contributed by atoms with Gasteiger partial charge in [0, 0.05) is 38.2 Å².